The Kier molecular flexibility index (Phi) is 16.3. The minimum atomic E-state index is 1.19. The van der Waals surface area contributed by atoms with Crippen molar-refractivity contribution in [3.05, 3.63) is 30.6 Å². The Morgan fingerprint density at radius 1 is 0.765 bits per heavy atom. The van der Waals surface area contributed by atoms with E-state index in [2.05, 4.69) is 30.7 Å². The van der Waals surface area contributed by atoms with Crippen LogP contribution in [0.15, 0.2) is 30.6 Å². The molecule has 3 heteroatoms. The summed E-state index contributed by atoms with van der Waals surface area (Å²) < 4.78 is 0. The molecule has 0 radical (unpaired) electrons. The summed E-state index contributed by atoms with van der Waals surface area (Å²) in [6, 6.07) is 5.72. The van der Waals surface area contributed by atoms with E-state index < -0.39 is 0 Å². The summed E-state index contributed by atoms with van der Waals surface area (Å²) in [4.78, 5) is 8.16. The quantitative estimate of drug-likeness (QED) is 0.808. The Balaban J connectivity index is 0. The third-order valence-corrected chi connectivity index (χ3v) is 1.91. The van der Waals surface area contributed by atoms with Crippen molar-refractivity contribution in [1.82, 2.24) is 14.8 Å². The number of rotatable bonds is 3. The normalized spacial score (nSPS) is 9.18. The fourth-order valence-corrected chi connectivity index (χ4v) is 0.983. The molecule has 3 nitrogen and oxygen atoms in total. The first-order valence-electron chi connectivity index (χ1n) is 6.26. The number of pyridine rings is 1. The monoisotopic (exact) mass is 239 g/mol. The minimum Gasteiger partial charge on any atom is -0.312 e. The first-order valence-corrected chi connectivity index (χ1v) is 6.26. The summed E-state index contributed by atoms with van der Waals surface area (Å²) in [5, 5.41) is 0. The van der Waals surface area contributed by atoms with E-state index in [1.54, 1.807) is 12.4 Å². The van der Waals surface area contributed by atoms with Gasteiger partial charge in [-0.05, 0) is 52.9 Å². The molecule has 0 spiro atoms. The fourth-order valence-electron chi connectivity index (χ4n) is 0.983. The van der Waals surface area contributed by atoms with Crippen molar-refractivity contribution in [2.75, 3.05) is 40.8 Å². The lowest BCUT2D eigenvalue weighted by Gasteiger charge is -2.13. The van der Waals surface area contributed by atoms with Gasteiger partial charge in [-0.2, -0.15) is 0 Å². The maximum Gasteiger partial charge on any atom is 0.0267 e. The Bertz CT molecular complexity index is 173. The lowest BCUT2D eigenvalue weighted by Crippen LogP contribution is -2.21. The molecule has 1 heterocycles. The average molecular weight is 239 g/mol. The van der Waals surface area contributed by atoms with Crippen LogP contribution in [0.4, 0.5) is 0 Å². The van der Waals surface area contributed by atoms with E-state index in [9.17, 15) is 0 Å². The molecule has 17 heavy (non-hydrogen) atoms. The second-order valence-corrected chi connectivity index (χ2v) is 3.99. The smallest absolute Gasteiger partial charge is 0.0267 e. The van der Waals surface area contributed by atoms with Crippen LogP contribution < -0.4 is 0 Å². The Morgan fingerprint density at radius 3 is 1.18 bits per heavy atom. The highest BCUT2D eigenvalue weighted by Crippen LogP contribution is 1.81. The van der Waals surface area contributed by atoms with Crippen LogP contribution in [0.2, 0.25) is 0 Å². The summed E-state index contributed by atoms with van der Waals surface area (Å²) in [6.07, 6.45) is 3.50. The molecule has 1 rings (SSSR count). The lowest BCUT2D eigenvalue weighted by atomic mass is 10.5. The van der Waals surface area contributed by atoms with E-state index >= 15 is 0 Å². The minimum absolute atomic E-state index is 1.19. The third-order valence-electron chi connectivity index (χ3n) is 1.91. The predicted octanol–water partition coefficient (Wildman–Crippen LogP) is 2.61. The first kappa shape index (κ1) is 18.4. The van der Waals surface area contributed by atoms with E-state index in [1.807, 2.05) is 44.2 Å². The van der Waals surface area contributed by atoms with Gasteiger partial charge in [0, 0.05) is 12.4 Å². The molecule has 0 amide bonds. The maximum absolute atomic E-state index is 3.78. The Labute approximate surface area is 107 Å². The SMILES string of the molecule is CCN(CC)CC.CN(C)C.c1ccncc1. The van der Waals surface area contributed by atoms with Crippen molar-refractivity contribution in [3.8, 4) is 0 Å². The van der Waals surface area contributed by atoms with Crippen molar-refractivity contribution >= 4 is 0 Å². The van der Waals surface area contributed by atoms with Gasteiger partial charge in [0.15, 0.2) is 0 Å². The van der Waals surface area contributed by atoms with Crippen LogP contribution in [0.1, 0.15) is 20.8 Å². The van der Waals surface area contributed by atoms with Crippen molar-refractivity contribution in [2.24, 2.45) is 0 Å². The molecule has 0 bridgehead atoms. The van der Waals surface area contributed by atoms with Crippen LogP contribution in [-0.4, -0.2) is 55.6 Å². The van der Waals surface area contributed by atoms with Crippen LogP contribution in [0.3, 0.4) is 0 Å². The summed E-state index contributed by atoms with van der Waals surface area (Å²) in [5.41, 5.74) is 0. The number of aromatic nitrogens is 1. The van der Waals surface area contributed by atoms with E-state index in [1.165, 1.54) is 19.6 Å². The van der Waals surface area contributed by atoms with Crippen LogP contribution in [0.25, 0.3) is 0 Å². The zero-order valence-electron chi connectivity index (χ0n) is 12.3. The second-order valence-electron chi connectivity index (χ2n) is 3.99. The molecule has 0 unspecified atom stereocenters. The van der Waals surface area contributed by atoms with Gasteiger partial charge >= 0.3 is 0 Å². The van der Waals surface area contributed by atoms with Crippen LogP contribution in [0.5, 0.6) is 0 Å². The predicted molar refractivity (Wildman–Crippen MR) is 77.3 cm³/mol. The van der Waals surface area contributed by atoms with Gasteiger partial charge in [0.1, 0.15) is 0 Å². The number of nitrogens with zero attached hydrogens (tertiary/aromatic N) is 3. The summed E-state index contributed by atoms with van der Waals surface area (Å²) >= 11 is 0. The van der Waals surface area contributed by atoms with E-state index in [4.69, 9.17) is 0 Å². The molecule has 0 fully saturated rings. The van der Waals surface area contributed by atoms with Crippen LogP contribution >= 0.6 is 0 Å². The molecule has 0 aromatic carbocycles. The molecule has 1 aromatic heterocycles. The highest BCUT2D eigenvalue weighted by molar-refractivity contribution is 4.88. The van der Waals surface area contributed by atoms with Crippen LogP contribution in [0, 0.1) is 0 Å². The largest absolute Gasteiger partial charge is 0.312 e. The Morgan fingerprint density at radius 2 is 1.12 bits per heavy atom. The highest BCUT2D eigenvalue weighted by atomic mass is 15.1. The summed E-state index contributed by atoms with van der Waals surface area (Å²) in [7, 11) is 6.00. The molecular formula is C14H29N3. The van der Waals surface area contributed by atoms with Crippen molar-refractivity contribution in [2.45, 2.75) is 20.8 Å². The van der Waals surface area contributed by atoms with Gasteiger partial charge in [0.05, 0.1) is 0 Å². The number of hydrogen-bond acceptors (Lipinski definition) is 3. The summed E-state index contributed by atoms with van der Waals surface area (Å²) in [6.45, 7) is 10.1. The van der Waals surface area contributed by atoms with Crippen molar-refractivity contribution < 1.29 is 0 Å². The van der Waals surface area contributed by atoms with Gasteiger partial charge in [0.2, 0.25) is 0 Å². The molecule has 0 aliphatic carbocycles. The maximum atomic E-state index is 3.78. The zero-order valence-corrected chi connectivity index (χ0v) is 12.3. The second kappa shape index (κ2) is 15.1. The van der Waals surface area contributed by atoms with E-state index in [0.29, 0.717) is 0 Å². The molecule has 0 aliphatic rings. The molecule has 100 valence electrons. The topological polar surface area (TPSA) is 19.4 Å². The third kappa shape index (κ3) is 21.0. The standard InChI is InChI=1S/C6H15N.C5H5N.C3H9N/c1-4-7(5-2)6-3;1-2-4-6-5-3-1;1-4(2)3/h4-6H2,1-3H3;1-5H;1-3H3. The highest BCUT2D eigenvalue weighted by Gasteiger charge is 1.89. The molecular weight excluding hydrogens is 210 g/mol. The van der Waals surface area contributed by atoms with Crippen molar-refractivity contribution in [3.63, 3.8) is 0 Å². The lowest BCUT2D eigenvalue weighted by molar-refractivity contribution is 0.321. The van der Waals surface area contributed by atoms with Gasteiger partial charge in [0.25, 0.3) is 0 Å². The average Bonchev–Trinajstić information content (AvgIpc) is 2.34. The summed E-state index contributed by atoms with van der Waals surface area (Å²) in [5.74, 6) is 0. The van der Waals surface area contributed by atoms with E-state index in [0.717, 1.165) is 0 Å². The van der Waals surface area contributed by atoms with Gasteiger partial charge in [-0.25, -0.2) is 0 Å². The molecule has 0 N–H and O–H groups in total. The molecule has 0 saturated carbocycles. The molecule has 0 aliphatic heterocycles. The number of hydrogen-bond donors (Lipinski definition) is 0. The molecule has 0 atom stereocenters. The van der Waals surface area contributed by atoms with Gasteiger partial charge < -0.3 is 9.80 Å². The fraction of sp³-hybridized carbons (Fsp3) is 0.643. The van der Waals surface area contributed by atoms with E-state index in [-0.39, 0.29) is 0 Å². The Hall–Kier alpha value is -0.930. The van der Waals surface area contributed by atoms with Crippen LogP contribution in [-0.2, 0) is 0 Å². The van der Waals surface area contributed by atoms with Gasteiger partial charge in [-0.3, -0.25) is 4.98 Å². The molecule has 1 aromatic rings. The first-order chi connectivity index (χ1) is 8.08. The van der Waals surface area contributed by atoms with Gasteiger partial charge in [-0.1, -0.05) is 26.8 Å². The van der Waals surface area contributed by atoms with Gasteiger partial charge in [-0.15, -0.1) is 0 Å². The zero-order chi connectivity index (χ0) is 13.5. The molecule has 0 saturated heterocycles. The van der Waals surface area contributed by atoms with Crippen molar-refractivity contribution in [1.29, 1.82) is 0 Å².